The van der Waals surface area contributed by atoms with Crippen molar-refractivity contribution in [2.75, 3.05) is 0 Å². The summed E-state index contributed by atoms with van der Waals surface area (Å²) in [4.78, 5) is 0. The Labute approximate surface area is 209 Å². The number of nitrogens with zero attached hydrogens (tertiary/aromatic N) is 2. The lowest BCUT2D eigenvalue weighted by Crippen LogP contribution is -2.62. The van der Waals surface area contributed by atoms with Crippen LogP contribution in [0.5, 0.6) is 0 Å². The summed E-state index contributed by atoms with van der Waals surface area (Å²) in [7, 11) is 0. The van der Waals surface area contributed by atoms with Crippen LogP contribution >= 0.6 is 0 Å². The topological polar surface area (TPSA) is 8.29 Å². The number of fused-ring (bicyclic) bond motifs is 3. The summed E-state index contributed by atoms with van der Waals surface area (Å²) in [5, 5.41) is 4.09. The second kappa shape index (κ2) is 7.43. The quantitative estimate of drug-likeness (QED) is 0.189. The van der Waals surface area contributed by atoms with Crippen molar-refractivity contribution in [1.29, 1.82) is 0 Å². The molecule has 0 amide bonds. The number of hydrogen-bond acceptors (Lipinski definition) is 0. The lowest BCUT2D eigenvalue weighted by Gasteiger charge is -2.31. The molecule has 6 rings (SSSR count). The highest BCUT2D eigenvalue weighted by molar-refractivity contribution is 6.16. The Bertz CT molecular complexity index is 1620. The summed E-state index contributed by atoms with van der Waals surface area (Å²) in [5.41, 5.74) is 11.3. The average Bonchev–Trinajstić information content (AvgIpc) is 3.23. The first-order chi connectivity index (χ1) is 16.7. The van der Waals surface area contributed by atoms with Crippen LogP contribution in [-0.2, 0) is 17.4 Å². The van der Waals surface area contributed by atoms with E-state index in [2.05, 4.69) is 118 Å². The molecule has 0 saturated heterocycles. The fraction of sp³-hybridized carbons (Fsp3) is 0.364. The third-order valence-electron chi connectivity index (χ3n) is 8.75. The van der Waals surface area contributed by atoms with Gasteiger partial charge in [-0.1, -0.05) is 83.1 Å². The zero-order chi connectivity index (χ0) is 24.7. The summed E-state index contributed by atoms with van der Waals surface area (Å²) in [5.74, 6) is 0. The Morgan fingerprint density at radius 1 is 0.829 bits per heavy atom. The van der Waals surface area contributed by atoms with E-state index in [1.165, 1.54) is 60.6 Å². The van der Waals surface area contributed by atoms with Gasteiger partial charge in [-0.2, -0.15) is 0 Å². The van der Waals surface area contributed by atoms with Crippen molar-refractivity contribution in [3.05, 3.63) is 83.0 Å². The molecule has 0 N–H and O–H groups in total. The van der Waals surface area contributed by atoms with Crippen LogP contribution in [-0.4, -0.2) is 4.52 Å². The molecule has 0 aliphatic carbocycles. The minimum absolute atomic E-state index is 0.0661. The molecule has 2 heteroatoms. The predicted molar refractivity (Wildman–Crippen MR) is 148 cm³/mol. The van der Waals surface area contributed by atoms with Gasteiger partial charge in [0.05, 0.1) is 5.56 Å². The van der Waals surface area contributed by atoms with Crippen LogP contribution in [0.2, 0.25) is 0 Å². The molecule has 178 valence electrons. The molecular formula is C33H37N2+. The Hall–Kier alpha value is -3.13. The normalized spacial score (nSPS) is 15.1. The van der Waals surface area contributed by atoms with E-state index in [9.17, 15) is 0 Å². The molecule has 5 aromatic rings. The molecule has 1 aliphatic rings. The molecule has 0 radical (unpaired) electrons. The molecule has 1 aliphatic heterocycles. The van der Waals surface area contributed by atoms with Gasteiger partial charge in [-0.15, -0.1) is 9.20 Å². The summed E-state index contributed by atoms with van der Waals surface area (Å²) in [6.45, 7) is 16.3. The van der Waals surface area contributed by atoms with Gasteiger partial charge in [0.1, 0.15) is 11.0 Å². The zero-order valence-electron chi connectivity index (χ0n) is 22.3. The van der Waals surface area contributed by atoms with Crippen LogP contribution in [0.1, 0.15) is 69.7 Å². The van der Waals surface area contributed by atoms with E-state index in [1.807, 2.05) is 0 Å². The molecular weight excluding hydrogens is 424 g/mol. The summed E-state index contributed by atoms with van der Waals surface area (Å²) >= 11 is 0. The highest BCUT2D eigenvalue weighted by Crippen LogP contribution is 2.43. The molecule has 0 unspecified atom stereocenters. The van der Waals surface area contributed by atoms with Crippen molar-refractivity contribution in [2.24, 2.45) is 0 Å². The van der Waals surface area contributed by atoms with Crippen molar-refractivity contribution in [2.45, 2.75) is 78.7 Å². The van der Waals surface area contributed by atoms with Crippen molar-refractivity contribution < 1.29 is 4.68 Å². The lowest BCUT2D eigenvalue weighted by molar-refractivity contribution is -0.822. The van der Waals surface area contributed by atoms with E-state index in [0.717, 1.165) is 19.3 Å². The summed E-state index contributed by atoms with van der Waals surface area (Å²) in [6.07, 6.45) is 5.78. The van der Waals surface area contributed by atoms with Crippen LogP contribution in [0.15, 0.2) is 60.8 Å². The summed E-state index contributed by atoms with van der Waals surface area (Å²) in [6, 6.07) is 20.7. The Morgan fingerprint density at radius 2 is 1.49 bits per heavy atom. The third-order valence-corrected chi connectivity index (χ3v) is 8.75. The Balaban J connectivity index is 1.92. The minimum Gasteiger partial charge on any atom is -0.118 e. The number of aryl methyl sites for hydroxylation is 2. The molecule has 0 spiro atoms. The van der Waals surface area contributed by atoms with E-state index in [4.69, 9.17) is 0 Å². The Morgan fingerprint density at radius 3 is 2.11 bits per heavy atom. The van der Waals surface area contributed by atoms with E-state index < -0.39 is 0 Å². The smallest absolute Gasteiger partial charge is 0.118 e. The maximum Gasteiger partial charge on any atom is 0.205 e. The highest BCUT2D eigenvalue weighted by atomic mass is 15.4. The largest absolute Gasteiger partial charge is 0.205 e. The number of benzene rings is 3. The van der Waals surface area contributed by atoms with Crippen LogP contribution in [0, 0.1) is 13.8 Å². The van der Waals surface area contributed by atoms with E-state index in [0.29, 0.717) is 0 Å². The first kappa shape index (κ1) is 22.3. The van der Waals surface area contributed by atoms with Crippen molar-refractivity contribution in [3.8, 4) is 11.1 Å². The van der Waals surface area contributed by atoms with E-state index in [1.54, 1.807) is 0 Å². The monoisotopic (exact) mass is 461 g/mol. The van der Waals surface area contributed by atoms with Gasteiger partial charge in [0.25, 0.3) is 0 Å². The van der Waals surface area contributed by atoms with Gasteiger partial charge in [0.15, 0.2) is 5.54 Å². The third kappa shape index (κ3) is 2.98. The fourth-order valence-electron chi connectivity index (χ4n) is 6.61. The molecule has 35 heavy (non-hydrogen) atoms. The maximum absolute atomic E-state index is 2.61. The van der Waals surface area contributed by atoms with Gasteiger partial charge in [-0.3, -0.25) is 0 Å². The molecule has 2 aromatic heterocycles. The van der Waals surface area contributed by atoms with Crippen molar-refractivity contribution in [1.82, 2.24) is 4.52 Å². The van der Waals surface area contributed by atoms with Crippen molar-refractivity contribution in [3.63, 3.8) is 0 Å². The Kier molecular flexibility index (Phi) is 4.75. The number of rotatable bonds is 3. The minimum atomic E-state index is 0.0661. The van der Waals surface area contributed by atoms with Gasteiger partial charge in [-0.25, -0.2) is 0 Å². The van der Waals surface area contributed by atoms with Crippen molar-refractivity contribution >= 4 is 27.2 Å². The molecule has 3 aromatic carbocycles. The van der Waals surface area contributed by atoms with Crippen LogP contribution in [0.3, 0.4) is 0 Å². The van der Waals surface area contributed by atoms with Gasteiger partial charge in [0.2, 0.25) is 6.20 Å². The molecule has 0 saturated carbocycles. The SMILES string of the molecule is CCC1(CC)Cc2cc(C(C)(C)C)cc3c4ccccc4c4c(-c5c(C)cccc5C)c[n+]1n4c23. The first-order valence-electron chi connectivity index (χ1n) is 13.2. The van der Waals surface area contributed by atoms with Gasteiger partial charge in [0, 0.05) is 30.0 Å². The average molecular weight is 462 g/mol. The zero-order valence-corrected chi connectivity index (χ0v) is 22.3. The van der Waals surface area contributed by atoms with Gasteiger partial charge < -0.3 is 0 Å². The van der Waals surface area contributed by atoms with Gasteiger partial charge in [-0.05, 0) is 58.5 Å². The standard InChI is InChI=1S/C33H37N2/c1-8-33(9-2)19-23-17-24(32(5,6)7)18-27-25-15-10-11-16-26(25)31-28(20-34(33)35(31)30(23)27)29-21(3)13-12-14-22(29)4/h10-18,20H,8-9,19H2,1-7H3/q+1. The first-order valence-corrected chi connectivity index (χ1v) is 13.2. The van der Waals surface area contributed by atoms with Gasteiger partial charge >= 0.3 is 0 Å². The lowest BCUT2D eigenvalue weighted by atomic mass is 9.79. The number of aromatic nitrogens is 2. The number of pyridine rings is 1. The second-order valence-electron chi connectivity index (χ2n) is 11.7. The predicted octanol–water partition coefficient (Wildman–Crippen LogP) is 8.19. The molecule has 0 bridgehead atoms. The highest BCUT2D eigenvalue weighted by Gasteiger charge is 2.45. The fourth-order valence-corrected chi connectivity index (χ4v) is 6.61. The molecule has 0 fully saturated rings. The summed E-state index contributed by atoms with van der Waals surface area (Å²) < 4.78 is 5.21. The number of hydrogen-bond donors (Lipinski definition) is 0. The van der Waals surface area contributed by atoms with Crippen LogP contribution < -0.4 is 4.68 Å². The second-order valence-corrected chi connectivity index (χ2v) is 11.7. The molecule has 2 nitrogen and oxygen atoms in total. The maximum atomic E-state index is 2.61. The van der Waals surface area contributed by atoms with E-state index >= 15 is 0 Å². The van der Waals surface area contributed by atoms with E-state index in [-0.39, 0.29) is 11.0 Å². The van der Waals surface area contributed by atoms with Crippen LogP contribution in [0.25, 0.3) is 38.3 Å². The molecule has 3 heterocycles. The van der Waals surface area contributed by atoms with Crippen LogP contribution in [0.4, 0.5) is 0 Å². The molecule has 0 atom stereocenters.